The molecule has 3 aromatic rings. The van der Waals surface area contributed by atoms with Crippen LogP contribution in [0.1, 0.15) is 16.1 Å². The number of amides is 1. The molecule has 0 saturated carbocycles. The number of rotatable bonds is 2. The van der Waals surface area contributed by atoms with Gasteiger partial charge in [-0.25, -0.2) is 4.98 Å². The minimum Gasteiger partial charge on any atom is -0.351 e. The van der Waals surface area contributed by atoms with Crippen molar-refractivity contribution >= 4 is 22.5 Å². The first-order valence-corrected chi connectivity index (χ1v) is 8.37. The molecule has 0 spiro atoms. The molecule has 0 unspecified atom stereocenters. The van der Waals surface area contributed by atoms with Gasteiger partial charge in [0.2, 0.25) is 0 Å². The van der Waals surface area contributed by atoms with Crippen molar-refractivity contribution in [3.8, 4) is 6.07 Å². The summed E-state index contributed by atoms with van der Waals surface area (Å²) in [6, 6.07) is 13.2. The van der Waals surface area contributed by atoms with Crippen molar-refractivity contribution in [3.05, 3.63) is 60.0 Å². The molecule has 1 aliphatic heterocycles. The van der Waals surface area contributed by atoms with E-state index >= 15 is 0 Å². The Bertz CT molecular complexity index is 982. The minimum absolute atomic E-state index is 0.113. The molecule has 0 atom stereocenters. The summed E-state index contributed by atoms with van der Waals surface area (Å²) in [5.41, 5.74) is 0.809. The van der Waals surface area contributed by atoms with Crippen LogP contribution in [0.25, 0.3) is 10.8 Å². The number of piperazine rings is 1. The molecule has 0 N–H and O–H groups in total. The zero-order chi connectivity index (χ0) is 17.9. The Balaban J connectivity index is 1.48. The molecule has 0 aliphatic carbocycles. The van der Waals surface area contributed by atoms with E-state index in [2.05, 4.69) is 20.1 Å². The van der Waals surface area contributed by atoms with Gasteiger partial charge in [-0.15, -0.1) is 5.10 Å². The fourth-order valence-electron chi connectivity index (χ4n) is 3.12. The number of aromatic nitrogens is 3. The fraction of sp³-hybridized carbons (Fsp3) is 0.211. The van der Waals surface area contributed by atoms with Gasteiger partial charge in [-0.3, -0.25) is 4.79 Å². The number of benzene rings is 1. The van der Waals surface area contributed by atoms with Gasteiger partial charge in [0, 0.05) is 43.1 Å². The first-order chi connectivity index (χ1) is 12.8. The van der Waals surface area contributed by atoms with Crippen LogP contribution in [0.4, 0.5) is 5.82 Å². The van der Waals surface area contributed by atoms with Gasteiger partial charge in [0.05, 0.1) is 11.8 Å². The third-order valence-corrected chi connectivity index (χ3v) is 4.53. The van der Waals surface area contributed by atoms with Crippen LogP contribution in [-0.4, -0.2) is 52.2 Å². The molecule has 4 rings (SSSR count). The molecule has 0 radical (unpaired) electrons. The van der Waals surface area contributed by atoms with Crippen molar-refractivity contribution < 1.29 is 4.79 Å². The Morgan fingerprint density at radius 1 is 1.04 bits per heavy atom. The molecule has 1 fully saturated rings. The van der Waals surface area contributed by atoms with Crippen LogP contribution >= 0.6 is 0 Å². The lowest BCUT2D eigenvalue weighted by molar-refractivity contribution is 0.0740. The second-order valence-electron chi connectivity index (χ2n) is 6.08. The van der Waals surface area contributed by atoms with E-state index < -0.39 is 0 Å². The molecule has 26 heavy (non-hydrogen) atoms. The smallest absolute Gasteiger partial charge is 0.272 e. The second kappa shape index (κ2) is 6.76. The molecule has 1 aromatic carbocycles. The summed E-state index contributed by atoms with van der Waals surface area (Å²) in [6.45, 7) is 2.55. The van der Waals surface area contributed by atoms with E-state index in [-0.39, 0.29) is 5.91 Å². The summed E-state index contributed by atoms with van der Waals surface area (Å²) in [7, 11) is 0. The maximum absolute atomic E-state index is 12.6. The van der Waals surface area contributed by atoms with Crippen LogP contribution < -0.4 is 4.90 Å². The van der Waals surface area contributed by atoms with Crippen molar-refractivity contribution in [3.63, 3.8) is 0 Å². The molecule has 1 aliphatic rings. The number of nitrogens with zero attached hydrogens (tertiary/aromatic N) is 6. The first-order valence-electron chi connectivity index (χ1n) is 8.37. The zero-order valence-electron chi connectivity index (χ0n) is 14.0. The van der Waals surface area contributed by atoms with E-state index in [1.165, 1.54) is 6.20 Å². The number of carbonyl (C=O) groups is 1. The van der Waals surface area contributed by atoms with Gasteiger partial charge < -0.3 is 9.80 Å². The Morgan fingerprint density at radius 3 is 2.58 bits per heavy atom. The van der Waals surface area contributed by atoms with Crippen LogP contribution in [0.5, 0.6) is 0 Å². The van der Waals surface area contributed by atoms with Gasteiger partial charge in [-0.1, -0.05) is 24.3 Å². The van der Waals surface area contributed by atoms with Gasteiger partial charge in [-0.05, 0) is 12.1 Å². The third-order valence-electron chi connectivity index (χ3n) is 4.53. The zero-order valence-corrected chi connectivity index (χ0v) is 14.0. The summed E-state index contributed by atoms with van der Waals surface area (Å²) >= 11 is 0. The van der Waals surface area contributed by atoms with E-state index in [1.807, 2.05) is 30.3 Å². The van der Waals surface area contributed by atoms with Gasteiger partial charge in [0.15, 0.2) is 5.82 Å². The number of nitriles is 1. The van der Waals surface area contributed by atoms with Crippen LogP contribution in [0.15, 0.2) is 48.8 Å². The molecule has 0 bridgehead atoms. The summed E-state index contributed by atoms with van der Waals surface area (Å²) < 4.78 is 0. The first kappa shape index (κ1) is 16.0. The highest BCUT2D eigenvalue weighted by Crippen LogP contribution is 2.24. The number of carbonyl (C=O) groups excluding carboxylic acids is 1. The lowest BCUT2D eigenvalue weighted by Crippen LogP contribution is -2.49. The second-order valence-corrected chi connectivity index (χ2v) is 6.08. The SMILES string of the molecule is N#Cc1ccc(C(=O)N2CCN(c3nncc4ccccc34)CC2)nc1. The average Bonchev–Trinajstić information content (AvgIpc) is 2.73. The van der Waals surface area contributed by atoms with E-state index in [4.69, 9.17) is 5.26 Å². The fourth-order valence-corrected chi connectivity index (χ4v) is 3.12. The van der Waals surface area contributed by atoms with Gasteiger partial charge in [0.25, 0.3) is 5.91 Å². The number of fused-ring (bicyclic) bond motifs is 1. The highest BCUT2D eigenvalue weighted by molar-refractivity contribution is 5.93. The van der Waals surface area contributed by atoms with Gasteiger partial charge in [0.1, 0.15) is 11.8 Å². The normalized spacial score (nSPS) is 14.3. The number of anilines is 1. The standard InChI is InChI=1S/C19H16N6O/c20-11-14-5-6-17(21-12-14)19(26)25-9-7-24(8-10-25)18-16-4-2-1-3-15(16)13-22-23-18/h1-6,12-13H,7-10H2. The van der Waals surface area contributed by atoms with Crippen LogP contribution in [0, 0.1) is 11.3 Å². The summed E-state index contributed by atoms with van der Waals surface area (Å²) in [5.74, 6) is 0.741. The summed E-state index contributed by atoms with van der Waals surface area (Å²) in [4.78, 5) is 20.6. The van der Waals surface area contributed by atoms with E-state index in [9.17, 15) is 4.79 Å². The molecular weight excluding hydrogens is 328 g/mol. The molecule has 1 amide bonds. The Labute approximate surface area is 150 Å². The van der Waals surface area contributed by atoms with Crippen LogP contribution in [-0.2, 0) is 0 Å². The van der Waals surface area contributed by atoms with Crippen molar-refractivity contribution in [1.82, 2.24) is 20.1 Å². The predicted octanol–water partition coefficient (Wildman–Crippen LogP) is 1.86. The molecule has 128 valence electrons. The van der Waals surface area contributed by atoms with Crippen molar-refractivity contribution in [1.29, 1.82) is 5.26 Å². The largest absolute Gasteiger partial charge is 0.351 e. The lowest BCUT2D eigenvalue weighted by Gasteiger charge is -2.35. The van der Waals surface area contributed by atoms with Crippen molar-refractivity contribution in [2.75, 3.05) is 31.1 Å². The van der Waals surface area contributed by atoms with Gasteiger partial charge >= 0.3 is 0 Å². The van der Waals surface area contributed by atoms with Gasteiger partial charge in [-0.2, -0.15) is 10.4 Å². The van der Waals surface area contributed by atoms with Crippen LogP contribution in [0.2, 0.25) is 0 Å². The quantitative estimate of drug-likeness (QED) is 0.705. The van der Waals surface area contributed by atoms with E-state index in [0.717, 1.165) is 16.6 Å². The number of hydrogen-bond donors (Lipinski definition) is 0. The maximum atomic E-state index is 12.6. The number of pyridine rings is 1. The van der Waals surface area contributed by atoms with Crippen LogP contribution in [0.3, 0.4) is 0 Å². The average molecular weight is 344 g/mol. The predicted molar refractivity (Wildman–Crippen MR) is 96.6 cm³/mol. The Hall–Kier alpha value is -3.53. The van der Waals surface area contributed by atoms with Crippen molar-refractivity contribution in [2.24, 2.45) is 0 Å². The molecule has 1 saturated heterocycles. The maximum Gasteiger partial charge on any atom is 0.272 e. The molecule has 2 aromatic heterocycles. The highest BCUT2D eigenvalue weighted by atomic mass is 16.2. The van der Waals surface area contributed by atoms with E-state index in [1.54, 1.807) is 23.2 Å². The topological polar surface area (TPSA) is 86.0 Å². The molecule has 7 nitrogen and oxygen atoms in total. The number of hydrogen-bond acceptors (Lipinski definition) is 6. The lowest BCUT2D eigenvalue weighted by atomic mass is 10.1. The molecule has 7 heteroatoms. The monoisotopic (exact) mass is 344 g/mol. The van der Waals surface area contributed by atoms with Crippen molar-refractivity contribution in [2.45, 2.75) is 0 Å². The third kappa shape index (κ3) is 2.93. The van der Waals surface area contributed by atoms with E-state index in [0.29, 0.717) is 37.4 Å². The molecular formula is C19H16N6O. The summed E-state index contributed by atoms with van der Waals surface area (Å²) in [6.07, 6.45) is 3.18. The molecule has 3 heterocycles. The summed E-state index contributed by atoms with van der Waals surface area (Å²) in [5, 5.41) is 19.4. The Morgan fingerprint density at radius 2 is 1.85 bits per heavy atom. The highest BCUT2D eigenvalue weighted by Gasteiger charge is 2.24. The minimum atomic E-state index is -0.113. The Kier molecular flexibility index (Phi) is 4.15.